The van der Waals surface area contributed by atoms with Crippen molar-refractivity contribution in [1.82, 2.24) is 20.4 Å². The fourth-order valence-corrected chi connectivity index (χ4v) is 4.45. The third-order valence-electron chi connectivity index (χ3n) is 6.40. The minimum Gasteiger partial charge on any atom is -0.379 e. The van der Waals surface area contributed by atoms with Crippen molar-refractivity contribution < 1.29 is 23.5 Å². The molecule has 2 fully saturated rings. The maximum absolute atomic E-state index is 13.3. The summed E-state index contributed by atoms with van der Waals surface area (Å²) >= 11 is 0. The monoisotopic (exact) mass is 468 g/mol. The molecular weight excluding hydrogens is 439 g/mol. The van der Waals surface area contributed by atoms with Crippen LogP contribution in [-0.4, -0.2) is 67.0 Å². The van der Waals surface area contributed by atoms with Gasteiger partial charge in [0.25, 0.3) is 5.91 Å². The second-order valence-electron chi connectivity index (χ2n) is 8.84. The van der Waals surface area contributed by atoms with Gasteiger partial charge in [-0.2, -0.15) is 0 Å². The summed E-state index contributed by atoms with van der Waals surface area (Å²) in [6.45, 7) is 6.25. The van der Waals surface area contributed by atoms with E-state index in [9.17, 15) is 18.8 Å². The van der Waals surface area contributed by atoms with Gasteiger partial charge >= 0.3 is 6.03 Å². The van der Waals surface area contributed by atoms with Gasteiger partial charge in [0.2, 0.25) is 5.91 Å². The average molecular weight is 469 g/mol. The molecule has 2 aromatic rings. The van der Waals surface area contributed by atoms with Crippen molar-refractivity contribution in [2.24, 2.45) is 0 Å². The maximum Gasteiger partial charge on any atom is 0.325 e. The third kappa shape index (κ3) is 4.95. The van der Waals surface area contributed by atoms with Crippen molar-refractivity contribution in [3.63, 3.8) is 0 Å². The Morgan fingerprint density at radius 3 is 2.56 bits per heavy atom. The van der Waals surface area contributed by atoms with Crippen LogP contribution >= 0.6 is 0 Å². The summed E-state index contributed by atoms with van der Waals surface area (Å²) < 4.78 is 18.8. The number of aryl methyl sites for hydroxylation is 1. The highest BCUT2D eigenvalue weighted by Crippen LogP contribution is 2.29. The molecule has 2 aliphatic rings. The smallest absolute Gasteiger partial charge is 0.325 e. The molecule has 8 nitrogen and oxygen atoms in total. The number of morpholine rings is 1. The second-order valence-corrected chi connectivity index (χ2v) is 8.84. The standard InChI is InChI=1S/C25H29FN4O4/c1-17-4-3-5-18(14-17)21(29-10-12-34-13-11-29)15-27-22(31)16-30-23(32)25(2,28-24(30)33)19-6-8-20(26)9-7-19/h3-9,14,21H,10-13,15-16H2,1-2H3,(H,27,31)(H,28,33). The molecule has 2 N–H and O–H groups in total. The predicted octanol–water partition coefficient (Wildman–Crippen LogP) is 2.09. The summed E-state index contributed by atoms with van der Waals surface area (Å²) in [5, 5.41) is 5.53. The number of hydrogen-bond donors (Lipinski definition) is 2. The van der Waals surface area contributed by atoms with E-state index in [1.807, 2.05) is 25.1 Å². The van der Waals surface area contributed by atoms with Gasteiger partial charge in [-0.05, 0) is 37.1 Å². The number of hydrogen-bond acceptors (Lipinski definition) is 5. The van der Waals surface area contributed by atoms with Crippen LogP contribution in [0.4, 0.5) is 9.18 Å². The van der Waals surface area contributed by atoms with E-state index >= 15 is 0 Å². The number of rotatable bonds is 7. The lowest BCUT2D eigenvalue weighted by molar-refractivity contribution is -0.134. The number of benzene rings is 2. The molecule has 0 aromatic heterocycles. The van der Waals surface area contributed by atoms with Gasteiger partial charge in [-0.15, -0.1) is 0 Å². The molecule has 2 aromatic carbocycles. The van der Waals surface area contributed by atoms with Gasteiger partial charge in [0.05, 0.1) is 19.3 Å². The molecular formula is C25H29FN4O4. The SMILES string of the molecule is Cc1cccc(C(CNC(=O)CN2C(=O)NC(C)(c3ccc(F)cc3)C2=O)N2CCOCC2)c1. The Morgan fingerprint density at radius 2 is 1.88 bits per heavy atom. The summed E-state index contributed by atoms with van der Waals surface area (Å²) in [5.41, 5.74) is 1.30. The van der Waals surface area contributed by atoms with Crippen LogP contribution < -0.4 is 10.6 Å². The molecule has 180 valence electrons. The largest absolute Gasteiger partial charge is 0.379 e. The second kappa shape index (κ2) is 9.90. The molecule has 0 bridgehead atoms. The highest BCUT2D eigenvalue weighted by Gasteiger charge is 2.49. The molecule has 0 spiro atoms. The molecule has 4 rings (SSSR count). The highest BCUT2D eigenvalue weighted by molar-refractivity contribution is 6.09. The van der Waals surface area contributed by atoms with Gasteiger partial charge < -0.3 is 15.4 Å². The first-order valence-corrected chi connectivity index (χ1v) is 11.3. The predicted molar refractivity (Wildman–Crippen MR) is 123 cm³/mol. The molecule has 2 heterocycles. The zero-order valence-corrected chi connectivity index (χ0v) is 19.3. The quantitative estimate of drug-likeness (QED) is 0.608. The van der Waals surface area contributed by atoms with Crippen LogP contribution in [0.3, 0.4) is 0 Å². The molecule has 4 amide bonds. The van der Waals surface area contributed by atoms with Crippen molar-refractivity contribution in [1.29, 1.82) is 0 Å². The fraction of sp³-hybridized carbons (Fsp3) is 0.400. The van der Waals surface area contributed by atoms with E-state index in [2.05, 4.69) is 21.6 Å². The minimum atomic E-state index is -1.36. The maximum atomic E-state index is 13.3. The summed E-state index contributed by atoms with van der Waals surface area (Å²) in [6, 6.07) is 12.8. The number of amides is 4. The van der Waals surface area contributed by atoms with E-state index in [1.54, 1.807) is 6.92 Å². The van der Waals surface area contributed by atoms with Crippen LogP contribution in [0.1, 0.15) is 29.7 Å². The van der Waals surface area contributed by atoms with Gasteiger partial charge in [0, 0.05) is 19.6 Å². The van der Waals surface area contributed by atoms with Gasteiger partial charge in [0.15, 0.2) is 0 Å². The van der Waals surface area contributed by atoms with E-state index in [4.69, 9.17) is 4.74 Å². The Hall–Kier alpha value is -3.30. The number of imide groups is 1. The van der Waals surface area contributed by atoms with Crippen LogP contribution in [0, 0.1) is 12.7 Å². The molecule has 0 saturated carbocycles. The Balaban J connectivity index is 1.43. The number of carbonyl (C=O) groups is 3. The van der Waals surface area contributed by atoms with Crippen LogP contribution in [0.15, 0.2) is 48.5 Å². The molecule has 2 unspecified atom stereocenters. The lowest BCUT2D eigenvalue weighted by atomic mass is 9.92. The van der Waals surface area contributed by atoms with Gasteiger partial charge in [-0.1, -0.05) is 42.0 Å². The van der Waals surface area contributed by atoms with E-state index in [0.717, 1.165) is 29.1 Å². The first-order chi connectivity index (χ1) is 16.3. The number of nitrogens with one attached hydrogen (secondary N) is 2. The van der Waals surface area contributed by atoms with Crippen LogP contribution in [0.5, 0.6) is 0 Å². The number of halogens is 1. The molecule has 0 aliphatic carbocycles. The molecule has 34 heavy (non-hydrogen) atoms. The molecule has 2 atom stereocenters. The lowest BCUT2D eigenvalue weighted by Gasteiger charge is -2.35. The number of ether oxygens (including phenoxy) is 1. The Bertz CT molecular complexity index is 1070. The molecule has 0 radical (unpaired) electrons. The third-order valence-corrected chi connectivity index (χ3v) is 6.40. The van der Waals surface area contributed by atoms with E-state index in [-0.39, 0.29) is 6.04 Å². The number of nitrogens with zero attached hydrogens (tertiary/aromatic N) is 2. The zero-order chi connectivity index (χ0) is 24.3. The molecule has 2 aliphatic heterocycles. The first-order valence-electron chi connectivity index (χ1n) is 11.3. The summed E-state index contributed by atoms with van der Waals surface area (Å²) in [7, 11) is 0. The summed E-state index contributed by atoms with van der Waals surface area (Å²) in [6.07, 6.45) is 0. The number of carbonyl (C=O) groups excluding carboxylic acids is 3. The van der Waals surface area contributed by atoms with Crippen LogP contribution in [0.2, 0.25) is 0 Å². The normalized spacial score (nSPS) is 21.9. The molecule has 2 saturated heterocycles. The van der Waals surface area contributed by atoms with Crippen LogP contribution in [0.25, 0.3) is 0 Å². The number of urea groups is 1. The van der Waals surface area contributed by atoms with Crippen molar-refractivity contribution in [2.75, 3.05) is 39.4 Å². The first kappa shape index (κ1) is 23.8. The fourth-order valence-electron chi connectivity index (χ4n) is 4.45. The van der Waals surface area contributed by atoms with E-state index in [1.165, 1.54) is 24.3 Å². The zero-order valence-electron chi connectivity index (χ0n) is 19.3. The summed E-state index contributed by atoms with van der Waals surface area (Å²) in [4.78, 5) is 41.5. The van der Waals surface area contributed by atoms with Crippen molar-refractivity contribution in [3.05, 3.63) is 71.0 Å². The highest BCUT2D eigenvalue weighted by atomic mass is 19.1. The van der Waals surface area contributed by atoms with Crippen molar-refractivity contribution >= 4 is 17.8 Å². The van der Waals surface area contributed by atoms with Crippen molar-refractivity contribution in [3.8, 4) is 0 Å². The Labute approximate surface area is 198 Å². The van der Waals surface area contributed by atoms with E-state index < -0.39 is 35.7 Å². The van der Waals surface area contributed by atoms with Gasteiger partial charge in [-0.3, -0.25) is 19.4 Å². The lowest BCUT2D eigenvalue weighted by Crippen LogP contribution is -2.47. The van der Waals surface area contributed by atoms with E-state index in [0.29, 0.717) is 25.3 Å². The Morgan fingerprint density at radius 1 is 1.18 bits per heavy atom. The minimum absolute atomic E-state index is 0.0552. The summed E-state index contributed by atoms with van der Waals surface area (Å²) in [5.74, 6) is -1.43. The Kier molecular flexibility index (Phi) is 6.95. The van der Waals surface area contributed by atoms with Crippen LogP contribution in [-0.2, 0) is 19.9 Å². The van der Waals surface area contributed by atoms with Gasteiger partial charge in [-0.25, -0.2) is 9.18 Å². The topological polar surface area (TPSA) is 91.0 Å². The van der Waals surface area contributed by atoms with Gasteiger partial charge in [0.1, 0.15) is 17.9 Å². The molecule has 9 heteroatoms. The van der Waals surface area contributed by atoms with Crippen molar-refractivity contribution in [2.45, 2.75) is 25.4 Å². The average Bonchev–Trinajstić information content (AvgIpc) is 3.04.